The van der Waals surface area contributed by atoms with Crippen LogP contribution in [0.1, 0.15) is 0 Å². The minimum atomic E-state index is -0.401. The molecule has 0 aliphatic heterocycles. The monoisotopic (exact) mass is 351 g/mol. The van der Waals surface area contributed by atoms with Gasteiger partial charge in [-0.15, -0.1) is 0 Å². The third kappa shape index (κ3) is 3.12. The van der Waals surface area contributed by atoms with E-state index in [2.05, 4.69) is 25.3 Å². The third-order valence-corrected chi connectivity index (χ3v) is 3.86. The fourth-order valence-corrected chi connectivity index (χ4v) is 2.63. The van der Waals surface area contributed by atoms with Gasteiger partial charge in [0.05, 0.1) is 11.2 Å². The molecule has 4 aromatic heterocycles. The van der Waals surface area contributed by atoms with Crippen molar-refractivity contribution in [1.29, 1.82) is 0 Å². The molecular weight excluding hydrogens is 341 g/mol. The Morgan fingerprint density at radius 2 is 1.88 bits per heavy atom. The summed E-state index contributed by atoms with van der Waals surface area (Å²) >= 11 is 5.86. The highest BCUT2D eigenvalue weighted by atomic mass is 35.5. The van der Waals surface area contributed by atoms with E-state index in [-0.39, 0.29) is 0 Å². The molecule has 4 aromatic rings. The predicted molar refractivity (Wildman–Crippen MR) is 95.3 cm³/mol. The third-order valence-electron chi connectivity index (χ3n) is 3.63. The lowest BCUT2D eigenvalue weighted by molar-refractivity contribution is 0.622. The van der Waals surface area contributed by atoms with Gasteiger partial charge in [-0.25, -0.2) is 14.4 Å². The van der Waals surface area contributed by atoms with E-state index in [4.69, 9.17) is 11.6 Å². The topological polar surface area (TPSA) is 63.6 Å². The standard InChI is InChI=1S/C18H11ClFN5/c19-12-3-4-16(23-8-12)25-18-17-14(2-1-5-22-17)15(10-24-18)11-6-13(20)9-21-7-11/h1-10H,(H,23,24,25). The minimum Gasteiger partial charge on any atom is -0.323 e. The molecule has 0 amide bonds. The maximum atomic E-state index is 13.5. The average molecular weight is 352 g/mol. The van der Waals surface area contributed by atoms with Gasteiger partial charge in [0.25, 0.3) is 0 Å². The van der Waals surface area contributed by atoms with Crippen LogP contribution >= 0.6 is 11.6 Å². The van der Waals surface area contributed by atoms with Crippen molar-refractivity contribution in [3.8, 4) is 11.1 Å². The molecule has 122 valence electrons. The summed E-state index contributed by atoms with van der Waals surface area (Å²) in [5.41, 5.74) is 2.05. The van der Waals surface area contributed by atoms with Gasteiger partial charge in [-0.2, -0.15) is 0 Å². The van der Waals surface area contributed by atoms with Crippen LogP contribution in [0.4, 0.5) is 16.0 Å². The summed E-state index contributed by atoms with van der Waals surface area (Å²) in [4.78, 5) is 17.0. The second-order valence-corrected chi connectivity index (χ2v) is 5.73. The van der Waals surface area contributed by atoms with E-state index in [1.54, 1.807) is 36.9 Å². The van der Waals surface area contributed by atoms with E-state index in [1.807, 2.05) is 12.1 Å². The molecule has 0 saturated carbocycles. The molecule has 0 unspecified atom stereocenters. The summed E-state index contributed by atoms with van der Waals surface area (Å²) in [5.74, 6) is 0.754. The Morgan fingerprint density at radius 1 is 0.960 bits per heavy atom. The summed E-state index contributed by atoms with van der Waals surface area (Å²) in [7, 11) is 0. The zero-order valence-electron chi connectivity index (χ0n) is 12.8. The Morgan fingerprint density at radius 3 is 2.68 bits per heavy atom. The molecule has 0 saturated heterocycles. The molecule has 0 aliphatic rings. The molecule has 0 aliphatic carbocycles. The van der Waals surface area contributed by atoms with E-state index >= 15 is 0 Å². The lowest BCUT2D eigenvalue weighted by Gasteiger charge is -2.11. The zero-order chi connectivity index (χ0) is 17.2. The lowest BCUT2D eigenvalue weighted by Crippen LogP contribution is -1.99. The van der Waals surface area contributed by atoms with E-state index in [1.165, 1.54) is 12.3 Å². The molecule has 0 fully saturated rings. The Bertz CT molecular complexity index is 1050. The van der Waals surface area contributed by atoms with Crippen molar-refractivity contribution >= 4 is 34.1 Å². The van der Waals surface area contributed by atoms with Gasteiger partial charge in [0, 0.05) is 41.3 Å². The summed E-state index contributed by atoms with van der Waals surface area (Å²) in [6, 6.07) is 8.64. The van der Waals surface area contributed by atoms with Gasteiger partial charge >= 0.3 is 0 Å². The molecule has 0 bridgehead atoms. The van der Waals surface area contributed by atoms with Crippen LogP contribution in [0.5, 0.6) is 0 Å². The molecule has 1 N–H and O–H groups in total. The van der Waals surface area contributed by atoms with Crippen molar-refractivity contribution < 1.29 is 4.39 Å². The molecule has 0 atom stereocenters. The molecule has 25 heavy (non-hydrogen) atoms. The smallest absolute Gasteiger partial charge is 0.158 e. The molecule has 4 heterocycles. The van der Waals surface area contributed by atoms with Gasteiger partial charge in [0.2, 0.25) is 0 Å². The van der Waals surface area contributed by atoms with E-state index in [0.29, 0.717) is 27.7 Å². The molecular formula is C18H11ClFN5. The molecule has 0 radical (unpaired) electrons. The number of hydrogen-bond acceptors (Lipinski definition) is 5. The number of anilines is 2. The Kier molecular flexibility index (Phi) is 3.95. The van der Waals surface area contributed by atoms with Crippen LogP contribution in [-0.2, 0) is 0 Å². The van der Waals surface area contributed by atoms with Crippen molar-refractivity contribution in [2.75, 3.05) is 5.32 Å². The van der Waals surface area contributed by atoms with Crippen LogP contribution in [0.15, 0.2) is 61.3 Å². The zero-order valence-corrected chi connectivity index (χ0v) is 13.6. The van der Waals surface area contributed by atoms with Crippen LogP contribution < -0.4 is 5.32 Å². The number of aromatic nitrogens is 4. The highest BCUT2D eigenvalue weighted by Gasteiger charge is 2.11. The summed E-state index contributed by atoms with van der Waals surface area (Å²) in [5, 5.41) is 4.52. The molecule has 5 nitrogen and oxygen atoms in total. The predicted octanol–water partition coefficient (Wildman–Crippen LogP) is 4.62. The summed E-state index contributed by atoms with van der Waals surface area (Å²) in [6.45, 7) is 0. The fourth-order valence-electron chi connectivity index (χ4n) is 2.52. The highest BCUT2D eigenvalue weighted by Crippen LogP contribution is 2.31. The SMILES string of the molecule is Fc1cncc(-c2cnc(Nc3ccc(Cl)cn3)c3ncccc23)c1. The maximum Gasteiger partial charge on any atom is 0.158 e. The van der Waals surface area contributed by atoms with Crippen LogP contribution in [0, 0.1) is 5.82 Å². The molecule has 4 rings (SSSR count). The lowest BCUT2D eigenvalue weighted by atomic mass is 10.0. The second kappa shape index (κ2) is 6.41. The van der Waals surface area contributed by atoms with Gasteiger partial charge in [-0.05, 0) is 24.3 Å². The summed E-state index contributed by atoms with van der Waals surface area (Å²) in [6.07, 6.45) is 7.66. The number of hydrogen-bond donors (Lipinski definition) is 1. The normalized spacial score (nSPS) is 10.8. The van der Waals surface area contributed by atoms with Crippen LogP contribution in [0.2, 0.25) is 5.02 Å². The van der Waals surface area contributed by atoms with Crippen molar-refractivity contribution in [2.45, 2.75) is 0 Å². The first kappa shape index (κ1) is 15.4. The number of pyridine rings is 4. The minimum absolute atomic E-state index is 0.401. The molecule has 0 spiro atoms. The van der Waals surface area contributed by atoms with E-state index in [0.717, 1.165) is 10.9 Å². The molecule has 7 heteroatoms. The van der Waals surface area contributed by atoms with Crippen LogP contribution in [0.25, 0.3) is 22.0 Å². The quantitative estimate of drug-likeness (QED) is 0.583. The first-order valence-electron chi connectivity index (χ1n) is 7.44. The number of halogens is 2. The number of nitrogens with one attached hydrogen (secondary N) is 1. The Labute approximate surface area is 147 Å². The van der Waals surface area contributed by atoms with Crippen LogP contribution in [-0.4, -0.2) is 19.9 Å². The number of fused-ring (bicyclic) bond motifs is 1. The molecule has 0 aromatic carbocycles. The Balaban J connectivity index is 1.83. The first-order chi connectivity index (χ1) is 12.2. The van der Waals surface area contributed by atoms with Crippen molar-refractivity contribution in [3.63, 3.8) is 0 Å². The van der Waals surface area contributed by atoms with Crippen molar-refractivity contribution in [3.05, 3.63) is 72.2 Å². The van der Waals surface area contributed by atoms with Gasteiger partial charge in [-0.1, -0.05) is 17.7 Å². The van der Waals surface area contributed by atoms with E-state index in [9.17, 15) is 4.39 Å². The number of nitrogens with zero attached hydrogens (tertiary/aromatic N) is 4. The van der Waals surface area contributed by atoms with E-state index < -0.39 is 5.82 Å². The summed E-state index contributed by atoms with van der Waals surface area (Å²) < 4.78 is 13.5. The van der Waals surface area contributed by atoms with Crippen molar-refractivity contribution in [2.24, 2.45) is 0 Å². The average Bonchev–Trinajstić information content (AvgIpc) is 2.64. The second-order valence-electron chi connectivity index (χ2n) is 5.30. The maximum absolute atomic E-state index is 13.5. The van der Waals surface area contributed by atoms with Crippen molar-refractivity contribution in [1.82, 2.24) is 19.9 Å². The number of rotatable bonds is 3. The Hall–Kier alpha value is -3.12. The first-order valence-corrected chi connectivity index (χ1v) is 7.82. The van der Waals surface area contributed by atoms with Gasteiger partial charge < -0.3 is 5.32 Å². The largest absolute Gasteiger partial charge is 0.323 e. The van der Waals surface area contributed by atoms with Gasteiger partial charge in [-0.3, -0.25) is 9.97 Å². The highest BCUT2D eigenvalue weighted by molar-refractivity contribution is 6.30. The van der Waals surface area contributed by atoms with Gasteiger partial charge in [0.1, 0.15) is 17.2 Å². The van der Waals surface area contributed by atoms with Gasteiger partial charge in [0.15, 0.2) is 5.82 Å². The fraction of sp³-hybridized carbons (Fsp3) is 0. The van der Waals surface area contributed by atoms with Crippen LogP contribution in [0.3, 0.4) is 0 Å².